The van der Waals surface area contributed by atoms with Crippen molar-refractivity contribution < 1.29 is 13.2 Å². The van der Waals surface area contributed by atoms with Crippen molar-refractivity contribution in [1.82, 2.24) is 9.47 Å². The third kappa shape index (κ3) is 2.35. The molecule has 0 bridgehead atoms. The Morgan fingerprint density at radius 3 is 2.45 bits per heavy atom. The fourth-order valence-corrected chi connectivity index (χ4v) is 3.09. The van der Waals surface area contributed by atoms with Gasteiger partial charge in [0, 0.05) is 25.3 Å². The van der Waals surface area contributed by atoms with Crippen LogP contribution in [-0.4, -0.2) is 36.9 Å². The minimum absolute atomic E-state index is 0.0229. The van der Waals surface area contributed by atoms with Crippen LogP contribution >= 0.6 is 0 Å². The number of rotatable bonds is 4. The molecule has 1 aromatic heterocycles. The summed E-state index contributed by atoms with van der Waals surface area (Å²) in [6, 6.07) is 1.92. The Morgan fingerprint density at radius 2 is 2.00 bits per heavy atom. The molecule has 2 fully saturated rings. The molecule has 0 spiro atoms. The molecule has 2 aliphatic carbocycles. The molecule has 3 rings (SSSR count). The van der Waals surface area contributed by atoms with E-state index in [0.717, 1.165) is 32.1 Å². The predicted octanol–water partition coefficient (Wildman–Crippen LogP) is 1.09. The molecule has 2 aliphatic rings. The van der Waals surface area contributed by atoms with E-state index in [0.29, 0.717) is 5.69 Å². The van der Waals surface area contributed by atoms with Crippen LogP contribution < -0.4 is 5.14 Å². The van der Waals surface area contributed by atoms with E-state index in [9.17, 15) is 13.2 Å². The van der Waals surface area contributed by atoms with Crippen LogP contribution in [0.2, 0.25) is 0 Å². The Hall–Kier alpha value is -1.34. The van der Waals surface area contributed by atoms with E-state index in [-0.39, 0.29) is 22.9 Å². The van der Waals surface area contributed by atoms with Crippen LogP contribution in [0.15, 0.2) is 17.2 Å². The maximum absolute atomic E-state index is 12.5. The van der Waals surface area contributed by atoms with Crippen LogP contribution in [-0.2, 0) is 10.0 Å². The summed E-state index contributed by atoms with van der Waals surface area (Å²) in [5, 5.41) is 5.17. The van der Waals surface area contributed by atoms with E-state index in [4.69, 9.17) is 5.14 Å². The first-order valence-electron chi connectivity index (χ1n) is 6.90. The number of hydrogen-bond acceptors (Lipinski definition) is 3. The first kappa shape index (κ1) is 13.6. The summed E-state index contributed by atoms with van der Waals surface area (Å²) in [7, 11) is -1.99. The lowest BCUT2D eigenvalue weighted by molar-refractivity contribution is 0.0641. The molecule has 20 heavy (non-hydrogen) atoms. The molecule has 2 saturated carbocycles. The number of sulfonamides is 1. The maximum Gasteiger partial charge on any atom is 0.270 e. The standard InChI is InChI=1S/C13H19N3O3S/c1-15(9-3-2-4-9)13(17)12-7-11(20(14,18)19)8-16(12)10-5-6-10/h7-10H,2-6H2,1H3,(H2,14,18,19). The average molecular weight is 297 g/mol. The van der Waals surface area contributed by atoms with Crippen LogP contribution in [0.5, 0.6) is 0 Å². The van der Waals surface area contributed by atoms with Crippen molar-refractivity contribution in [3.8, 4) is 0 Å². The molecule has 110 valence electrons. The molecule has 0 aromatic carbocycles. The van der Waals surface area contributed by atoms with E-state index < -0.39 is 10.0 Å². The zero-order valence-corrected chi connectivity index (χ0v) is 12.3. The van der Waals surface area contributed by atoms with Crippen LogP contribution in [0.1, 0.15) is 48.6 Å². The zero-order valence-electron chi connectivity index (χ0n) is 11.4. The van der Waals surface area contributed by atoms with Gasteiger partial charge in [-0.25, -0.2) is 13.6 Å². The molecule has 0 atom stereocenters. The molecule has 7 heteroatoms. The maximum atomic E-state index is 12.5. The molecular formula is C13H19N3O3S. The summed E-state index contributed by atoms with van der Waals surface area (Å²) >= 11 is 0. The first-order chi connectivity index (χ1) is 9.38. The molecule has 0 saturated heterocycles. The molecule has 1 heterocycles. The highest BCUT2D eigenvalue weighted by Crippen LogP contribution is 2.38. The van der Waals surface area contributed by atoms with Gasteiger partial charge in [0.1, 0.15) is 10.6 Å². The Kier molecular flexibility index (Phi) is 3.13. The first-order valence-corrected chi connectivity index (χ1v) is 8.44. The van der Waals surface area contributed by atoms with Crippen molar-refractivity contribution in [3.63, 3.8) is 0 Å². The van der Waals surface area contributed by atoms with Gasteiger partial charge in [-0.3, -0.25) is 4.79 Å². The van der Waals surface area contributed by atoms with Crippen LogP contribution in [0.4, 0.5) is 0 Å². The lowest BCUT2D eigenvalue weighted by Crippen LogP contribution is -2.41. The van der Waals surface area contributed by atoms with Crippen molar-refractivity contribution in [2.75, 3.05) is 7.05 Å². The van der Waals surface area contributed by atoms with E-state index in [2.05, 4.69) is 0 Å². The highest BCUT2D eigenvalue weighted by atomic mass is 32.2. The normalized spacial score (nSPS) is 19.7. The van der Waals surface area contributed by atoms with Gasteiger partial charge in [-0.15, -0.1) is 0 Å². The molecule has 0 radical (unpaired) electrons. The second kappa shape index (κ2) is 4.60. The minimum Gasteiger partial charge on any atom is -0.339 e. The summed E-state index contributed by atoms with van der Waals surface area (Å²) in [6.07, 6.45) is 6.64. The van der Waals surface area contributed by atoms with E-state index in [1.165, 1.54) is 12.3 Å². The zero-order chi connectivity index (χ0) is 14.5. The Labute approximate surface area is 118 Å². The molecule has 1 aromatic rings. The monoisotopic (exact) mass is 297 g/mol. The molecule has 6 nitrogen and oxygen atoms in total. The van der Waals surface area contributed by atoms with Crippen molar-refractivity contribution in [1.29, 1.82) is 0 Å². The van der Waals surface area contributed by atoms with Gasteiger partial charge < -0.3 is 9.47 Å². The van der Waals surface area contributed by atoms with Crippen molar-refractivity contribution in [2.24, 2.45) is 5.14 Å². The van der Waals surface area contributed by atoms with Crippen molar-refractivity contribution in [3.05, 3.63) is 18.0 Å². The number of hydrogen-bond donors (Lipinski definition) is 1. The lowest BCUT2D eigenvalue weighted by atomic mass is 9.92. The van der Waals surface area contributed by atoms with Gasteiger partial charge in [-0.05, 0) is 38.2 Å². The van der Waals surface area contributed by atoms with E-state index in [1.54, 1.807) is 16.5 Å². The molecular weight excluding hydrogens is 278 g/mol. The number of primary sulfonamides is 1. The predicted molar refractivity (Wildman–Crippen MR) is 73.8 cm³/mol. The third-order valence-electron chi connectivity index (χ3n) is 4.25. The van der Waals surface area contributed by atoms with E-state index in [1.807, 2.05) is 0 Å². The van der Waals surface area contributed by atoms with Crippen LogP contribution in [0.3, 0.4) is 0 Å². The highest BCUT2D eigenvalue weighted by Gasteiger charge is 2.33. The van der Waals surface area contributed by atoms with Gasteiger partial charge >= 0.3 is 0 Å². The molecule has 0 aliphatic heterocycles. The van der Waals surface area contributed by atoms with E-state index >= 15 is 0 Å². The van der Waals surface area contributed by atoms with Gasteiger partial charge in [-0.1, -0.05) is 0 Å². The van der Waals surface area contributed by atoms with Gasteiger partial charge in [0.15, 0.2) is 0 Å². The van der Waals surface area contributed by atoms with Crippen LogP contribution in [0, 0.1) is 0 Å². The number of aromatic nitrogens is 1. The van der Waals surface area contributed by atoms with Gasteiger partial charge in [0.05, 0.1) is 0 Å². The highest BCUT2D eigenvalue weighted by molar-refractivity contribution is 7.89. The van der Waals surface area contributed by atoms with Crippen molar-refractivity contribution in [2.45, 2.75) is 49.1 Å². The summed E-state index contributed by atoms with van der Waals surface area (Å²) in [6.45, 7) is 0. The smallest absolute Gasteiger partial charge is 0.270 e. The largest absolute Gasteiger partial charge is 0.339 e. The Bertz CT molecular complexity index is 642. The van der Waals surface area contributed by atoms with Crippen molar-refractivity contribution >= 4 is 15.9 Å². The third-order valence-corrected chi connectivity index (χ3v) is 5.13. The van der Waals surface area contributed by atoms with Gasteiger partial charge in [-0.2, -0.15) is 0 Å². The quantitative estimate of drug-likeness (QED) is 0.903. The summed E-state index contributed by atoms with van der Waals surface area (Å²) in [5.41, 5.74) is 0.436. The summed E-state index contributed by atoms with van der Waals surface area (Å²) in [4.78, 5) is 14.3. The second-order valence-corrected chi connectivity index (χ2v) is 7.31. The van der Waals surface area contributed by atoms with Gasteiger partial charge in [0.25, 0.3) is 5.91 Å². The average Bonchev–Trinajstić information content (AvgIpc) is 3.03. The molecule has 1 amide bonds. The number of amides is 1. The van der Waals surface area contributed by atoms with Gasteiger partial charge in [0.2, 0.25) is 10.0 Å². The summed E-state index contributed by atoms with van der Waals surface area (Å²) in [5.74, 6) is -0.114. The minimum atomic E-state index is -3.77. The number of carbonyl (C=O) groups is 1. The Morgan fingerprint density at radius 1 is 1.35 bits per heavy atom. The SMILES string of the molecule is CN(C(=O)c1cc(S(N)(=O)=O)cn1C1CC1)C1CCC1. The van der Waals surface area contributed by atoms with Crippen LogP contribution in [0.25, 0.3) is 0 Å². The molecule has 2 N–H and O–H groups in total. The fourth-order valence-electron chi connectivity index (χ4n) is 2.56. The Balaban J connectivity index is 1.94. The topological polar surface area (TPSA) is 85.4 Å². The number of carbonyl (C=O) groups excluding carboxylic acids is 1. The number of nitrogens with two attached hydrogens (primary N) is 1. The summed E-state index contributed by atoms with van der Waals surface area (Å²) < 4.78 is 24.7. The number of nitrogens with zero attached hydrogens (tertiary/aromatic N) is 2. The fraction of sp³-hybridized carbons (Fsp3) is 0.615. The lowest BCUT2D eigenvalue weighted by Gasteiger charge is -2.34. The molecule has 0 unspecified atom stereocenters. The second-order valence-electron chi connectivity index (χ2n) is 5.75.